The lowest BCUT2D eigenvalue weighted by Gasteiger charge is -2.25. The molecule has 0 amide bonds. The molecule has 4 nitrogen and oxygen atoms in total. The molecule has 2 aromatic rings. The number of sulfone groups is 1. The Morgan fingerprint density at radius 1 is 0.926 bits per heavy atom. The van der Waals surface area contributed by atoms with Gasteiger partial charge in [-0.15, -0.1) is 0 Å². The quantitative estimate of drug-likeness (QED) is 0.785. The Hall–Kier alpha value is -1.99. The summed E-state index contributed by atoms with van der Waals surface area (Å²) in [5.41, 5.74) is 2.05. The number of benzene rings is 2. The van der Waals surface area contributed by atoms with E-state index in [4.69, 9.17) is 0 Å². The minimum absolute atomic E-state index is 0.0814. The van der Waals surface area contributed by atoms with E-state index in [1.54, 1.807) is 6.07 Å². The Labute approximate surface area is 158 Å². The van der Waals surface area contributed by atoms with E-state index in [2.05, 4.69) is 16.8 Å². The molecule has 7 heteroatoms. The fourth-order valence-electron chi connectivity index (χ4n) is 4.36. The lowest BCUT2D eigenvalue weighted by Crippen LogP contribution is -2.31. The molecular formula is C20H22F2N2O2S. The van der Waals surface area contributed by atoms with Crippen LogP contribution in [0.4, 0.5) is 14.5 Å². The minimum atomic E-state index is -3.99. The summed E-state index contributed by atoms with van der Waals surface area (Å²) in [6.45, 7) is 1.97. The third-order valence-electron chi connectivity index (χ3n) is 5.83. The highest BCUT2D eigenvalue weighted by atomic mass is 32.2. The molecule has 4 rings (SSSR count). The molecule has 0 aromatic heterocycles. The molecule has 0 bridgehead atoms. The van der Waals surface area contributed by atoms with Gasteiger partial charge in [0, 0.05) is 30.8 Å². The zero-order chi connectivity index (χ0) is 19.3. The average Bonchev–Trinajstić information content (AvgIpc) is 2.75. The molecular weight excluding hydrogens is 370 g/mol. The Bertz CT molecular complexity index is 973. The first-order valence-corrected chi connectivity index (χ1v) is 10.5. The summed E-state index contributed by atoms with van der Waals surface area (Å²) in [6, 6.07) is 7.78. The number of hydrogen-bond acceptors (Lipinski definition) is 4. The van der Waals surface area contributed by atoms with Gasteiger partial charge in [-0.2, -0.15) is 0 Å². The molecule has 0 saturated carbocycles. The van der Waals surface area contributed by atoms with Gasteiger partial charge in [0.15, 0.2) is 0 Å². The average molecular weight is 392 g/mol. The lowest BCUT2D eigenvalue weighted by atomic mass is 9.91. The number of fused-ring (bicyclic) bond motifs is 3. The first-order chi connectivity index (χ1) is 12.8. The van der Waals surface area contributed by atoms with Gasteiger partial charge in [-0.3, -0.25) is 0 Å². The van der Waals surface area contributed by atoms with E-state index >= 15 is 0 Å². The van der Waals surface area contributed by atoms with Gasteiger partial charge in [0.2, 0.25) is 9.84 Å². The molecule has 0 unspecified atom stereocenters. The van der Waals surface area contributed by atoms with Crippen LogP contribution in [0.25, 0.3) is 0 Å². The standard InChI is InChI=1S/C20H22F2N2O2S/c1-23-7-5-17-18-12-15(3-4-19(18)24(2)20(17)6-8-23)27(25,26)16-10-13(21)9-14(22)11-16/h3-4,9-12,17,20H,5-8H2,1-2H3/t17-,20-/m0/s1. The zero-order valence-corrected chi connectivity index (χ0v) is 16.1. The summed E-state index contributed by atoms with van der Waals surface area (Å²) < 4.78 is 53.0. The van der Waals surface area contributed by atoms with Crippen molar-refractivity contribution in [3.05, 3.63) is 53.6 Å². The maximum atomic E-state index is 13.5. The number of anilines is 1. The molecule has 1 saturated heterocycles. The van der Waals surface area contributed by atoms with Gasteiger partial charge in [-0.05, 0) is 68.9 Å². The number of likely N-dealkylation sites (tertiary alicyclic amines) is 1. The predicted molar refractivity (Wildman–Crippen MR) is 99.9 cm³/mol. The molecule has 27 heavy (non-hydrogen) atoms. The smallest absolute Gasteiger partial charge is 0.206 e. The van der Waals surface area contributed by atoms with Crippen molar-refractivity contribution in [1.82, 2.24) is 4.90 Å². The van der Waals surface area contributed by atoms with Crippen molar-refractivity contribution in [3.8, 4) is 0 Å². The first kappa shape index (κ1) is 18.4. The molecule has 2 aliphatic heterocycles. The second kappa shape index (κ2) is 6.56. The van der Waals surface area contributed by atoms with Crippen LogP contribution in [0.1, 0.15) is 24.3 Å². The van der Waals surface area contributed by atoms with Crippen LogP contribution in [-0.4, -0.2) is 46.5 Å². The number of nitrogens with zero attached hydrogens (tertiary/aromatic N) is 2. The van der Waals surface area contributed by atoms with Crippen LogP contribution in [0.3, 0.4) is 0 Å². The van der Waals surface area contributed by atoms with Crippen LogP contribution in [0.15, 0.2) is 46.2 Å². The van der Waals surface area contributed by atoms with Crippen LogP contribution in [-0.2, 0) is 9.84 Å². The van der Waals surface area contributed by atoms with Gasteiger partial charge >= 0.3 is 0 Å². The molecule has 0 radical (unpaired) electrons. The van der Waals surface area contributed by atoms with E-state index in [9.17, 15) is 17.2 Å². The third kappa shape index (κ3) is 3.12. The maximum absolute atomic E-state index is 13.5. The van der Waals surface area contributed by atoms with Gasteiger partial charge in [0.1, 0.15) is 11.6 Å². The largest absolute Gasteiger partial charge is 0.371 e. The SMILES string of the molecule is CN1CC[C@H]2c3cc(S(=O)(=O)c4cc(F)cc(F)c4)ccc3N(C)[C@H]2CC1. The van der Waals surface area contributed by atoms with Crippen molar-refractivity contribution in [3.63, 3.8) is 0 Å². The van der Waals surface area contributed by atoms with E-state index in [0.717, 1.165) is 49.3 Å². The molecule has 2 aromatic carbocycles. The van der Waals surface area contributed by atoms with E-state index in [-0.39, 0.29) is 15.7 Å². The van der Waals surface area contributed by atoms with Crippen molar-refractivity contribution in [2.24, 2.45) is 0 Å². The predicted octanol–water partition coefficient (Wildman–Crippen LogP) is 3.43. The number of rotatable bonds is 2. The first-order valence-electron chi connectivity index (χ1n) is 9.04. The zero-order valence-electron chi connectivity index (χ0n) is 15.3. The normalized spacial score (nSPS) is 23.0. The van der Waals surface area contributed by atoms with Gasteiger partial charge in [-0.1, -0.05) is 0 Å². The van der Waals surface area contributed by atoms with Crippen molar-refractivity contribution in [2.45, 2.75) is 34.6 Å². The summed E-state index contributed by atoms with van der Waals surface area (Å²) in [4.78, 5) is 4.25. The monoisotopic (exact) mass is 392 g/mol. The van der Waals surface area contributed by atoms with Crippen LogP contribution >= 0.6 is 0 Å². The van der Waals surface area contributed by atoms with Crippen LogP contribution in [0.5, 0.6) is 0 Å². The summed E-state index contributed by atoms with van der Waals surface area (Å²) in [6.07, 6.45) is 1.97. The van der Waals surface area contributed by atoms with E-state index in [1.807, 2.05) is 13.1 Å². The van der Waals surface area contributed by atoms with Crippen LogP contribution in [0.2, 0.25) is 0 Å². The number of hydrogen-bond donors (Lipinski definition) is 0. The topological polar surface area (TPSA) is 40.6 Å². The number of halogens is 2. The molecule has 2 aliphatic rings. The van der Waals surface area contributed by atoms with E-state index in [1.165, 1.54) is 6.07 Å². The van der Waals surface area contributed by atoms with Crippen molar-refractivity contribution >= 4 is 15.5 Å². The Morgan fingerprint density at radius 3 is 2.30 bits per heavy atom. The van der Waals surface area contributed by atoms with E-state index < -0.39 is 21.5 Å². The Morgan fingerprint density at radius 2 is 1.59 bits per heavy atom. The fraction of sp³-hybridized carbons (Fsp3) is 0.400. The Kier molecular flexibility index (Phi) is 4.47. The second-order valence-corrected chi connectivity index (χ2v) is 9.44. The molecule has 2 atom stereocenters. The summed E-state index contributed by atoms with van der Waals surface area (Å²) >= 11 is 0. The van der Waals surface area contributed by atoms with Crippen molar-refractivity contribution in [2.75, 3.05) is 32.1 Å². The lowest BCUT2D eigenvalue weighted by molar-refractivity contribution is 0.345. The highest BCUT2D eigenvalue weighted by Crippen LogP contribution is 2.45. The summed E-state index contributed by atoms with van der Waals surface area (Å²) in [5, 5.41) is 0. The van der Waals surface area contributed by atoms with Crippen molar-refractivity contribution < 1.29 is 17.2 Å². The highest BCUT2D eigenvalue weighted by Gasteiger charge is 2.38. The second-order valence-electron chi connectivity index (χ2n) is 7.49. The molecule has 0 spiro atoms. The molecule has 1 fully saturated rings. The van der Waals surface area contributed by atoms with Gasteiger partial charge in [0.25, 0.3) is 0 Å². The van der Waals surface area contributed by atoms with Gasteiger partial charge in [-0.25, -0.2) is 17.2 Å². The van der Waals surface area contributed by atoms with Gasteiger partial charge < -0.3 is 9.80 Å². The van der Waals surface area contributed by atoms with E-state index in [0.29, 0.717) is 12.1 Å². The molecule has 144 valence electrons. The molecule has 0 N–H and O–H groups in total. The minimum Gasteiger partial charge on any atom is -0.371 e. The third-order valence-corrected chi connectivity index (χ3v) is 7.56. The number of likely N-dealkylation sites (N-methyl/N-ethyl adjacent to an activating group) is 1. The molecule has 0 aliphatic carbocycles. The summed E-state index contributed by atoms with van der Waals surface area (Å²) in [5.74, 6) is -1.54. The van der Waals surface area contributed by atoms with Crippen molar-refractivity contribution in [1.29, 1.82) is 0 Å². The maximum Gasteiger partial charge on any atom is 0.206 e. The molecule has 2 heterocycles. The fourth-order valence-corrected chi connectivity index (χ4v) is 5.70. The van der Waals surface area contributed by atoms with Crippen LogP contribution < -0.4 is 4.90 Å². The summed E-state index contributed by atoms with van der Waals surface area (Å²) in [7, 11) is 0.155. The highest BCUT2D eigenvalue weighted by molar-refractivity contribution is 7.91. The van der Waals surface area contributed by atoms with Gasteiger partial charge in [0.05, 0.1) is 9.79 Å². The Balaban J connectivity index is 1.77. The van der Waals surface area contributed by atoms with Crippen LogP contribution in [0, 0.1) is 11.6 Å².